The molecular formula is C21H17ClFN5O. The molecule has 8 heteroatoms. The lowest BCUT2D eigenvalue weighted by atomic mass is 10.2. The van der Waals surface area contributed by atoms with Crippen molar-refractivity contribution in [1.29, 1.82) is 0 Å². The maximum Gasteiger partial charge on any atom is 0.280 e. The van der Waals surface area contributed by atoms with Gasteiger partial charge in [0.05, 0.1) is 6.54 Å². The second kappa shape index (κ2) is 7.89. The van der Waals surface area contributed by atoms with Crippen LogP contribution >= 0.6 is 11.6 Å². The summed E-state index contributed by atoms with van der Waals surface area (Å²) in [6.45, 7) is 2.07. The van der Waals surface area contributed by atoms with E-state index in [4.69, 9.17) is 11.6 Å². The number of halogens is 2. The third-order valence-electron chi connectivity index (χ3n) is 4.45. The van der Waals surface area contributed by atoms with Gasteiger partial charge in [-0.05, 0) is 54.4 Å². The molecule has 29 heavy (non-hydrogen) atoms. The Kier molecular flexibility index (Phi) is 5.14. The Balaban J connectivity index is 1.67. The Bertz CT molecular complexity index is 1150. The lowest BCUT2D eigenvalue weighted by molar-refractivity contribution is 0.102. The van der Waals surface area contributed by atoms with E-state index in [0.717, 1.165) is 5.56 Å². The number of hydrogen-bond donors (Lipinski definition) is 1. The van der Waals surface area contributed by atoms with Gasteiger partial charge in [-0.25, -0.2) is 9.07 Å². The first-order chi connectivity index (χ1) is 14.0. The lowest BCUT2D eigenvalue weighted by Crippen LogP contribution is -2.17. The number of carbonyl (C=O) groups is 1. The van der Waals surface area contributed by atoms with Crippen molar-refractivity contribution < 1.29 is 9.18 Å². The summed E-state index contributed by atoms with van der Waals surface area (Å²) in [5, 5.41) is 11.6. The number of benzene rings is 2. The summed E-state index contributed by atoms with van der Waals surface area (Å²) >= 11 is 5.95. The zero-order valence-corrected chi connectivity index (χ0v) is 16.3. The Morgan fingerprint density at radius 2 is 1.86 bits per heavy atom. The van der Waals surface area contributed by atoms with E-state index in [1.165, 1.54) is 6.07 Å². The number of amides is 1. The highest BCUT2D eigenvalue weighted by Crippen LogP contribution is 2.19. The number of aromatic nitrogens is 4. The molecule has 2 heterocycles. The molecule has 1 amide bonds. The van der Waals surface area contributed by atoms with E-state index in [9.17, 15) is 9.18 Å². The molecule has 0 aliphatic carbocycles. The summed E-state index contributed by atoms with van der Waals surface area (Å²) in [7, 11) is 0. The number of carbonyl (C=O) groups excluding carboxylic acids is 1. The highest BCUT2D eigenvalue weighted by molar-refractivity contribution is 6.30. The van der Waals surface area contributed by atoms with E-state index in [2.05, 4.69) is 15.6 Å². The van der Waals surface area contributed by atoms with Crippen molar-refractivity contribution in [2.45, 2.75) is 13.5 Å². The second-order valence-corrected chi connectivity index (χ2v) is 6.99. The summed E-state index contributed by atoms with van der Waals surface area (Å²) in [4.78, 5) is 12.9. The first-order valence-electron chi connectivity index (χ1n) is 8.90. The fraction of sp³-hybridized carbons (Fsp3) is 0.0952. The van der Waals surface area contributed by atoms with Crippen molar-refractivity contribution in [2.75, 3.05) is 5.32 Å². The van der Waals surface area contributed by atoms with Gasteiger partial charge < -0.3 is 9.88 Å². The first-order valence-corrected chi connectivity index (χ1v) is 9.28. The monoisotopic (exact) mass is 409 g/mol. The summed E-state index contributed by atoms with van der Waals surface area (Å²) < 4.78 is 17.2. The van der Waals surface area contributed by atoms with Crippen LogP contribution in [0.15, 0.2) is 67.0 Å². The van der Waals surface area contributed by atoms with Crippen molar-refractivity contribution in [2.24, 2.45) is 0 Å². The van der Waals surface area contributed by atoms with Crippen LogP contribution < -0.4 is 5.32 Å². The van der Waals surface area contributed by atoms with Gasteiger partial charge in [0.2, 0.25) is 0 Å². The van der Waals surface area contributed by atoms with Crippen LogP contribution in [0.1, 0.15) is 21.6 Å². The van der Waals surface area contributed by atoms with Gasteiger partial charge in [0.1, 0.15) is 5.82 Å². The standard InChI is InChI=1S/C21H17ClFN5O/c1-14-4-9-17(12-18(14)23)24-20(29)19-21(27-10-2-3-11-27)28(26-25-19)13-15-5-7-16(22)8-6-15/h2-12H,13H2,1H3,(H,24,29). The van der Waals surface area contributed by atoms with Crippen molar-refractivity contribution >= 4 is 23.2 Å². The zero-order chi connectivity index (χ0) is 20.4. The molecule has 6 nitrogen and oxygen atoms in total. The van der Waals surface area contributed by atoms with Crippen LogP contribution in [-0.2, 0) is 6.54 Å². The van der Waals surface area contributed by atoms with Gasteiger partial charge in [-0.15, -0.1) is 5.10 Å². The van der Waals surface area contributed by atoms with Gasteiger partial charge in [-0.2, -0.15) is 0 Å². The minimum Gasteiger partial charge on any atom is -0.320 e. The molecule has 1 N–H and O–H groups in total. The Morgan fingerprint density at radius 3 is 2.55 bits per heavy atom. The molecule has 146 valence electrons. The molecule has 2 aromatic heterocycles. The van der Waals surface area contributed by atoms with Gasteiger partial charge in [0.25, 0.3) is 5.91 Å². The second-order valence-electron chi connectivity index (χ2n) is 6.55. The third-order valence-corrected chi connectivity index (χ3v) is 4.70. The molecule has 0 aliphatic heterocycles. The van der Waals surface area contributed by atoms with E-state index in [1.807, 2.05) is 24.3 Å². The van der Waals surface area contributed by atoms with Crippen LogP contribution in [0.4, 0.5) is 10.1 Å². The van der Waals surface area contributed by atoms with E-state index >= 15 is 0 Å². The molecular weight excluding hydrogens is 393 g/mol. The molecule has 0 radical (unpaired) electrons. The summed E-state index contributed by atoms with van der Waals surface area (Å²) in [5.41, 5.74) is 1.95. The van der Waals surface area contributed by atoms with Gasteiger partial charge in [0.15, 0.2) is 11.5 Å². The minimum absolute atomic E-state index is 0.135. The SMILES string of the molecule is Cc1ccc(NC(=O)c2nnn(Cc3ccc(Cl)cc3)c2-n2cccc2)cc1F. The van der Waals surface area contributed by atoms with Gasteiger partial charge in [-0.3, -0.25) is 4.79 Å². The lowest BCUT2D eigenvalue weighted by Gasteiger charge is -2.10. The van der Waals surface area contributed by atoms with E-state index in [1.54, 1.807) is 52.8 Å². The molecule has 2 aromatic carbocycles. The Hall–Kier alpha value is -3.45. The summed E-state index contributed by atoms with van der Waals surface area (Å²) in [6.07, 6.45) is 3.61. The molecule has 4 aromatic rings. The fourth-order valence-corrected chi connectivity index (χ4v) is 3.04. The molecule has 0 aliphatic rings. The minimum atomic E-state index is -0.473. The molecule has 0 bridgehead atoms. The van der Waals surface area contributed by atoms with Crippen LogP contribution in [0.2, 0.25) is 5.02 Å². The van der Waals surface area contributed by atoms with E-state index < -0.39 is 5.91 Å². The van der Waals surface area contributed by atoms with Crippen LogP contribution in [0, 0.1) is 12.7 Å². The molecule has 4 rings (SSSR count). The topological polar surface area (TPSA) is 64.7 Å². The van der Waals surface area contributed by atoms with Crippen molar-refractivity contribution in [1.82, 2.24) is 19.6 Å². The van der Waals surface area contributed by atoms with Crippen LogP contribution in [0.5, 0.6) is 0 Å². The van der Waals surface area contributed by atoms with Gasteiger partial charge >= 0.3 is 0 Å². The molecule has 0 saturated carbocycles. The highest BCUT2D eigenvalue weighted by Gasteiger charge is 2.21. The third kappa shape index (κ3) is 4.05. The zero-order valence-electron chi connectivity index (χ0n) is 15.5. The normalized spacial score (nSPS) is 10.9. The Morgan fingerprint density at radius 1 is 1.14 bits per heavy atom. The molecule has 0 spiro atoms. The maximum atomic E-state index is 13.8. The maximum absolute atomic E-state index is 13.8. The van der Waals surface area contributed by atoms with E-state index in [0.29, 0.717) is 28.6 Å². The molecule has 0 atom stereocenters. The number of anilines is 1. The largest absolute Gasteiger partial charge is 0.320 e. The predicted molar refractivity (Wildman–Crippen MR) is 109 cm³/mol. The fourth-order valence-electron chi connectivity index (χ4n) is 2.92. The van der Waals surface area contributed by atoms with Crippen LogP contribution in [0.25, 0.3) is 5.82 Å². The molecule has 0 fully saturated rings. The molecule has 0 unspecified atom stereocenters. The number of hydrogen-bond acceptors (Lipinski definition) is 3. The van der Waals surface area contributed by atoms with Crippen LogP contribution in [0.3, 0.4) is 0 Å². The number of rotatable bonds is 5. The average Bonchev–Trinajstić information content (AvgIpc) is 3.36. The van der Waals surface area contributed by atoms with Gasteiger partial charge in [0, 0.05) is 23.1 Å². The van der Waals surface area contributed by atoms with Crippen LogP contribution in [-0.4, -0.2) is 25.5 Å². The van der Waals surface area contributed by atoms with E-state index in [-0.39, 0.29) is 11.5 Å². The smallest absolute Gasteiger partial charge is 0.280 e. The summed E-state index contributed by atoms with van der Waals surface area (Å²) in [6, 6.07) is 15.6. The molecule has 0 saturated heterocycles. The Labute approximate surface area is 171 Å². The highest BCUT2D eigenvalue weighted by atomic mass is 35.5. The van der Waals surface area contributed by atoms with Crippen molar-refractivity contribution in [3.8, 4) is 5.82 Å². The predicted octanol–water partition coefficient (Wildman–Crippen LogP) is 4.47. The van der Waals surface area contributed by atoms with Crippen molar-refractivity contribution in [3.05, 3.63) is 94.7 Å². The average molecular weight is 410 g/mol. The number of nitrogens with zero attached hydrogens (tertiary/aromatic N) is 4. The van der Waals surface area contributed by atoms with Gasteiger partial charge in [-0.1, -0.05) is 35.0 Å². The quantitative estimate of drug-likeness (QED) is 0.529. The first kappa shape index (κ1) is 18.9. The summed E-state index contributed by atoms with van der Waals surface area (Å²) in [5.74, 6) is -0.353. The number of nitrogens with one attached hydrogen (secondary N) is 1. The van der Waals surface area contributed by atoms with Crippen molar-refractivity contribution in [3.63, 3.8) is 0 Å². The number of aryl methyl sites for hydroxylation is 1.